The molecule has 32 heavy (non-hydrogen) atoms. The van der Waals surface area contributed by atoms with Crippen LogP contribution in [0.3, 0.4) is 0 Å². The van der Waals surface area contributed by atoms with Crippen LogP contribution in [-0.2, 0) is 11.3 Å². The first-order chi connectivity index (χ1) is 15.8. The van der Waals surface area contributed by atoms with Crippen molar-refractivity contribution in [2.75, 3.05) is 59.0 Å². The van der Waals surface area contributed by atoms with Crippen LogP contribution in [-0.4, -0.2) is 84.8 Å². The van der Waals surface area contributed by atoms with E-state index in [1.165, 1.54) is 94.3 Å². The Morgan fingerprint density at radius 3 is 2.75 bits per heavy atom. The predicted octanol–water partition coefficient (Wildman–Crippen LogP) is 4.02. The van der Waals surface area contributed by atoms with Gasteiger partial charge in [-0.25, -0.2) is 0 Å². The summed E-state index contributed by atoms with van der Waals surface area (Å²) < 4.78 is 6.11. The molecule has 3 fully saturated rings. The van der Waals surface area contributed by atoms with Gasteiger partial charge in [-0.3, -0.25) is 14.8 Å². The zero-order valence-corrected chi connectivity index (χ0v) is 19.6. The molecule has 2 unspecified atom stereocenters. The van der Waals surface area contributed by atoms with Gasteiger partial charge in [0.1, 0.15) is 0 Å². The Morgan fingerprint density at radius 1 is 0.906 bits per heavy atom. The summed E-state index contributed by atoms with van der Waals surface area (Å²) in [4.78, 5) is 12.6. The van der Waals surface area contributed by atoms with Crippen LogP contribution in [0.1, 0.15) is 44.1 Å². The number of ether oxygens (including phenoxy) is 1. The van der Waals surface area contributed by atoms with Gasteiger partial charge in [0.2, 0.25) is 0 Å². The first-order valence-electron chi connectivity index (χ1n) is 12.9. The average molecular weight is 437 g/mol. The molecule has 174 valence electrons. The van der Waals surface area contributed by atoms with E-state index in [1.54, 1.807) is 0 Å². The second kappa shape index (κ2) is 11.1. The summed E-state index contributed by atoms with van der Waals surface area (Å²) in [5.41, 5.74) is 2.53. The van der Waals surface area contributed by atoms with Crippen molar-refractivity contribution in [3.05, 3.63) is 42.1 Å². The van der Waals surface area contributed by atoms with Gasteiger partial charge in [-0.15, -0.1) is 0 Å². The SMILES string of the molecule is c1cnc2c(CN3CCN4CC(COCCCN5CCCCC5)CCC4C3)cccc2c1. The number of hydrogen-bond acceptors (Lipinski definition) is 5. The van der Waals surface area contributed by atoms with Gasteiger partial charge >= 0.3 is 0 Å². The summed E-state index contributed by atoms with van der Waals surface area (Å²) in [6.07, 6.45) is 9.93. The largest absolute Gasteiger partial charge is 0.381 e. The smallest absolute Gasteiger partial charge is 0.0746 e. The van der Waals surface area contributed by atoms with Crippen LogP contribution in [0.4, 0.5) is 0 Å². The van der Waals surface area contributed by atoms with Crippen LogP contribution in [0, 0.1) is 5.92 Å². The molecule has 0 bridgehead atoms. The fourth-order valence-electron chi connectivity index (χ4n) is 5.96. The summed E-state index contributed by atoms with van der Waals surface area (Å²) in [5, 5.41) is 1.25. The van der Waals surface area contributed by atoms with Crippen LogP contribution < -0.4 is 0 Å². The highest BCUT2D eigenvalue weighted by atomic mass is 16.5. The quantitative estimate of drug-likeness (QED) is 0.584. The van der Waals surface area contributed by atoms with E-state index in [9.17, 15) is 0 Å². The molecule has 5 nitrogen and oxygen atoms in total. The molecule has 4 heterocycles. The number of fused-ring (bicyclic) bond motifs is 2. The summed E-state index contributed by atoms with van der Waals surface area (Å²) in [6, 6.07) is 11.5. The number of hydrogen-bond donors (Lipinski definition) is 0. The molecule has 0 saturated carbocycles. The third-order valence-corrected chi connectivity index (χ3v) is 7.77. The first kappa shape index (κ1) is 22.3. The number of piperidine rings is 2. The van der Waals surface area contributed by atoms with Crippen molar-refractivity contribution in [3.8, 4) is 0 Å². The van der Waals surface area contributed by atoms with Gasteiger partial charge in [0.25, 0.3) is 0 Å². The van der Waals surface area contributed by atoms with Crippen molar-refractivity contribution in [1.82, 2.24) is 19.7 Å². The molecular formula is C27H40N4O. The molecule has 0 amide bonds. The molecule has 2 atom stereocenters. The van der Waals surface area contributed by atoms with Crippen LogP contribution >= 0.6 is 0 Å². The number of nitrogens with zero attached hydrogens (tertiary/aromatic N) is 4. The van der Waals surface area contributed by atoms with E-state index in [2.05, 4.69) is 43.9 Å². The van der Waals surface area contributed by atoms with Crippen LogP contribution in [0.5, 0.6) is 0 Å². The van der Waals surface area contributed by atoms with Crippen molar-refractivity contribution in [1.29, 1.82) is 0 Å². The maximum Gasteiger partial charge on any atom is 0.0746 e. The lowest BCUT2D eigenvalue weighted by atomic mass is 9.91. The average Bonchev–Trinajstić information content (AvgIpc) is 2.85. The molecule has 1 aromatic carbocycles. The lowest BCUT2D eigenvalue weighted by molar-refractivity contribution is -0.00308. The highest BCUT2D eigenvalue weighted by Crippen LogP contribution is 2.27. The monoisotopic (exact) mass is 436 g/mol. The Labute approximate surface area is 193 Å². The van der Waals surface area contributed by atoms with E-state index in [4.69, 9.17) is 4.74 Å². The molecule has 0 aliphatic carbocycles. The normalized spacial score (nSPS) is 25.8. The minimum Gasteiger partial charge on any atom is -0.381 e. The van der Waals surface area contributed by atoms with Crippen LogP contribution in [0.25, 0.3) is 10.9 Å². The maximum absolute atomic E-state index is 6.11. The highest BCUT2D eigenvalue weighted by molar-refractivity contribution is 5.81. The zero-order valence-electron chi connectivity index (χ0n) is 19.6. The van der Waals surface area contributed by atoms with Crippen LogP contribution in [0.15, 0.2) is 36.5 Å². The van der Waals surface area contributed by atoms with Crippen molar-refractivity contribution >= 4 is 10.9 Å². The van der Waals surface area contributed by atoms with E-state index in [0.717, 1.165) is 32.2 Å². The first-order valence-corrected chi connectivity index (χ1v) is 12.9. The molecule has 5 heteroatoms. The van der Waals surface area contributed by atoms with Gasteiger partial charge in [0, 0.05) is 63.5 Å². The topological polar surface area (TPSA) is 31.8 Å². The van der Waals surface area contributed by atoms with Crippen molar-refractivity contribution in [3.63, 3.8) is 0 Å². The fraction of sp³-hybridized carbons (Fsp3) is 0.667. The fourth-order valence-corrected chi connectivity index (χ4v) is 5.96. The van der Waals surface area contributed by atoms with Gasteiger partial charge in [0.05, 0.1) is 12.1 Å². The Balaban J connectivity index is 1.03. The van der Waals surface area contributed by atoms with Gasteiger partial charge in [-0.1, -0.05) is 30.7 Å². The second-order valence-electron chi connectivity index (χ2n) is 10.2. The summed E-state index contributed by atoms with van der Waals surface area (Å²) in [5.74, 6) is 0.718. The third-order valence-electron chi connectivity index (χ3n) is 7.77. The van der Waals surface area contributed by atoms with Gasteiger partial charge < -0.3 is 9.64 Å². The molecule has 3 aliphatic rings. The minimum atomic E-state index is 0.710. The van der Waals surface area contributed by atoms with E-state index in [-0.39, 0.29) is 0 Å². The summed E-state index contributed by atoms with van der Waals surface area (Å²) >= 11 is 0. The number of para-hydroxylation sites is 1. The molecule has 0 spiro atoms. The molecule has 3 saturated heterocycles. The molecule has 1 aromatic heterocycles. The Hall–Kier alpha value is -1.53. The number of piperazine rings is 1. The van der Waals surface area contributed by atoms with E-state index < -0.39 is 0 Å². The molecule has 0 N–H and O–H groups in total. The summed E-state index contributed by atoms with van der Waals surface area (Å²) in [6.45, 7) is 11.5. The van der Waals surface area contributed by atoms with Gasteiger partial charge in [-0.2, -0.15) is 0 Å². The third kappa shape index (κ3) is 5.69. The highest BCUT2D eigenvalue weighted by Gasteiger charge is 2.33. The number of pyridine rings is 1. The molecule has 2 aromatic rings. The van der Waals surface area contributed by atoms with E-state index in [1.807, 2.05) is 12.3 Å². The number of rotatable bonds is 8. The minimum absolute atomic E-state index is 0.710. The molecule has 5 rings (SSSR count). The summed E-state index contributed by atoms with van der Waals surface area (Å²) in [7, 11) is 0. The number of likely N-dealkylation sites (tertiary alicyclic amines) is 1. The van der Waals surface area contributed by atoms with Gasteiger partial charge in [0.15, 0.2) is 0 Å². The second-order valence-corrected chi connectivity index (χ2v) is 10.2. The molecule has 0 radical (unpaired) electrons. The lowest BCUT2D eigenvalue weighted by Gasteiger charge is -2.46. The predicted molar refractivity (Wildman–Crippen MR) is 131 cm³/mol. The number of aromatic nitrogens is 1. The van der Waals surface area contributed by atoms with Gasteiger partial charge in [-0.05, 0) is 62.7 Å². The molecular weight excluding hydrogens is 396 g/mol. The Bertz CT molecular complexity index is 847. The Kier molecular flexibility index (Phi) is 7.70. The van der Waals surface area contributed by atoms with Crippen LogP contribution in [0.2, 0.25) is 0 Å². The standard InChI is InChI=1S/C27H40N4O/c1-2-13-29(14-3-1)15-6-18-32-22-23-10-11-26-21-30(16-17-31(26)19-23)20-25-8-4-7-24-9-5-12-28-27(24)25/h4-5,7-9,12,23,26H,1-3,6,10-11,13-22H2. The zero-order chi connectivity index (χ0) is 21.6. The van der Waals surface area contributed by atoms with E-state index >= 15 is 0 Å². The Morgan fingerprint density at radius 2 is 1.81 bits per heavy atom. The van der Waals surface area contributed by atoms with Crippen molar-refractivity contribution < 1.29 is 4.74 Å². The number of benzene rings is 1. The van der Waals surface area contributed by atoms with Crippen molar-refractivity contribution in [2.45, 2.75) is 51.1 Å². The van der Waals surface area contributed by atoms with Crippen molar-refractivity contribution in [2.24, 2.45) is 5.92 Å². The lowest BCUT2D eigenvalue weighted by Crippen LogP contribution is -2.56. The maximum atomic E-state index is 6.11. The molecule has 3 aliphatic heterocycles. The van der Waals surface area contributed by atoms with E-state index in [0.29, 0.717) is 6.04 Å².